The number of nitrogens with one attached hydrogen (secondary N) is 3. The number of pyridine rings is 2. The number of nitrogens with zero attached hydrogens (tertiary/aromatic N) is 2. The smallest absolute Gasteiger partial charge is 0.320 e. The van der Waals surface area contributed by atoms with Crippen molar-refractivity contribution in [2.75, 3.05) is 18.2 Å². The van der Waals surface area contributed by atoms with Gasteiger partial charge in [-0.3, -0.25) is 15.7 Å². The summed E-state index contributed by atoms with van der Waals surface area (Å²) in [6.45, 7) is 2.16. The fraction of sp³-hybridized carbons (Fsp3) is 0.143. The lowest BCUT2D eigenvalue weighted by atomic mass is 10.0. The van der Waals surface area contributed by atoms with E-state index in [1.165, 1.54) is 12.3 Å². The average Bonchev–Trinajstić information content (AvgIpc) is 2.72. The number of ether oxygens (including phenoxy) is 1. The number of aromatic nitrogens is 2. The van der Waals surface area contributed by atoms with Crippen LogP contribution in [0.25, 0.3) is 0 Å². The Morgan fingerprint density at radius 2 is 2.00 bits per heavy atom. The lowest BCUT2D eigenvalue weighted by molar-refractivity contribution is 0.251. The number of methoxy groups -OCH3 is 1. The number of urea groups is 1. The van der Waals surface area contributed by atoms with E-state index in [2.05, 4.69) is 20.6 Å². The zero-order chi connectivity index (χ0) is 20.8. The molecule has 3 aromatic rings. The molecular weight excluding hydrogens is 368 g/mol. The van der Waals surface area contributed by atoms with Crippen LogP contribution in [0, 0.1) is 12.3 Å². The number of benzene rings is 1. The summed E-state index contributed by atoms with van der Waals surface area (Å²) < 4.78 is 5.27. The van der Waals surface area contributed by atoms with Gasteiger partial charge in [0, 0.05) is 53.1 Å². The Hall–Kier alpha value is -3.94. The molecule has 1 aromatic carbocycles. The van der Waals surface area contributed by atoms with Gasteiger partial charge in [0.05, 0.1) is 12.8 Å². The van der Waals surface area contributed by atoms with Crippen LogP contribution in [0.2, 0.25) is 0 Å². The Balaban J connectivity index is 1.65. The summed E-state index contributed by atoms with van der Waals surface area (Å²) in [5.41, 5.74) is 9.52. The maximum Gasteiger partial charge on any atom is 0.320 e. The first kappa shape index (κ1) is 19.8. The van der Waals surface area contributed by atoms with E-state index < -0.39 is 6.03 Å². The Morgan fingerprint density at radius 3 is 2.72 bits per heavy atom. The summed E-state index contributed by atoms with van der Waals surface area (Å²) in [5, 5.41) is 13.8. The maximum absolute atomic E-state index is 12.2. The number of carbonyl (C=O) groups excluding carboxylic acids is 1. The summed E-state index contributed by atoms with van der Waals surface area (Å²) in [4.78, 5) is 20.5. The molecule has 2 aromatic heterocycles. The highest BCUT2D eigenvalue weighted by Gasteiger charge is 2.12. The minimum Gasteiger partial charge on any atom is -0.496 e. The number of carbonyl (C=O) groups is 1. The Labute approximate surface area is 168 Å². The molecule has 0 atom stereocenters. The second kappa shape index (κ2) is 8.83. The van der Waals surface area contributed by atoms with Gasteiger partial charge in [-0.2, -0.15) is 0 Å². The highest BCUT2D eigenvalue weighted by atomic mass is 16.5. The second-order valence-electron chi connectivity index (χ2n) is 6.34. The summed E-state index contributed by atoms with van der Waals surface area (Å²) >= 11 is 0. The van der Waals surface area contributed by atoms with Crippen LogP contribution in [-0.4, -0.2) is 28.8 Å². The van der Waals surface area contributed by atoms with Crippen molar-refractivity contribution < 1.29 is 9.53 Å². The number of hydrogen-bond donors (Lipinski definition) is 4. The summed E-state index contributed by atoms with van der Waals surface area (Å²) in [6, 6.07) is 12.1. The summed E-state index contributed by atoms with van der Waals surface area (Å²) in [6.07, 6.45) is 3.12. The number of nitrogens with two attached hydrogens (primary N) is 1. The van der Waals surface area contributed by atoms with Crippen molar-refractivity contribution in [3.63, 3.8) is 0 Å². The fourth-order valence-corrected chi connectivity index (χ4v) is 2.79. The van der Waals surface area contributed by atoms with Crippen molar-refractivity contribution in [3.8, 4) is 5.75 Å². The number of aryl methyl sites for hydroxylation is 1. The van der Waals surface area contributed by atoms with Crippen LogP contribution in [0.5, 0.6) is 5.75 Å². The van der Waals surface area contributed by atoms with Gasteiger partial charge >= 0.3 is 6.03 Å². The monoisotopic (exact) mass is 390 g/mol. The summed E-state index contributed by atoms with van der Waals surface area (Å²) in [7, 11) is 1.58. The van der Waals surface area contributed by atoms with Gasteiger partial charge < -0.3 is 15.8 Å². The molecule has 29 heavy (non-hydrogen) atoms. The molecular formula is C21H22N6O2. The molecule has 5 N–H and O–H groups in total. The molecule has 2 heterocycles. The van der Waals surface area contributed by atoms with Crippen LogP contribution < -0.4 is 21.1 Å². The minimum absolute atomic E-state index is 0.243. The van der Waals surface area contributed by atoms with Crippen LogP contribution in [0.4, 0.5) is 16.3 Å². The molecule has 0 fully saturated rings. The topological polar surface area (TPSA) is 126 Å². The number of para-hydroxylation sites is 1. The predicted octanol–water partition coefficient (Wildman–Crippen LogP) is 3.11. The number of nitrogen functional groups attached to an aromatic ring is 1. The Morgan fingerprint density at radius 1 is 1.21 bits per heavy atom. The van der Waals surface area contributed by atoms with Gasteiger partial charge in [-0.1, -0.05) is 18.2 Å². The highest BCUT2D eigenvalue weighted by Crippen LogP contribution is 2.20. The SMILES string of the molecule is COc1ccccc1CNC(=O)Nc1cc(N)c(C(=N)c2ccnc(C)c2)cn1. The maximum atomic E-state index is 12.2. The van der Waals surface area contributed by atoms with Crippen LogP contribution in [0.3, 0.4) is 0 Å². The Kier molecular flexibility index (Phi) is 6.03. The van der Waals surface area contributed by atoms with Crippen molar-refractivity contribution >= 4 is 23.2 Å². The third kappa shape index (κ3) is 4.86. The molecule has 148 valence electrons. The van der Waals surface area contributed by atoms with Crippen molar-refractivity contribution in [1.29, 1.82) is 5.41 Å². The van der Waals surface area contributed by atoms with Crippen LogP contribution in [0.15, 0.2) is 54.9 Å². The van der Waals surface area contributed by atoms with Crippen molar-refractivity contribution in [3.05, 3.63) is 77.2 Å². The van der Waals surface area contributed by atoms with E-state index in [0.29, 0.717) is 34.9 Å². The average molecular weight is 390 g/mol. The molecule has 2 amide bonds. The zero-order valence-electron chi connectivity index (χ0n) is 16.2. The Bertz CT molecular complexity index is 1050. The van der Waals surface area contributed by atoms with Gasteiger partial charge in [-0.25, -0.2) is 9.78 Å². The molecule has 0 aliphatic carbocycles. The van der Waals surface area contributed by atoms with E-state index in [1.807, 2.05) is 31.2 Å². The predicted molar refractivity (Wildman–Crippen MR) is 112 cm³/mol. The largest absolute Gasteiger partial charge is 0.496 e. The molecule has 0 saturated carbocycles. The molecule has 0 radical (unpaired) electrons. The third-order valence-electron chi connectivity index (χ3n) is 4.26. The van der Waals surface area contributed by atoms with E-state index in [-0.39, 0.29) is 5.71 Å². The molecule has 0 saturated heterocycles. The van der Waals surface area contributed by atoms with E-state index >= 15 is 0 Å². The van der Waals surface area contributed by atoms with Crippen molar-refractivity contribution in [2.45, 2.75) is 13.5 Å². The molecule has 0 unspecified atom stereocenters. The molecule has 0 aliphatic heterocycles. The molecule has 0 bridgehead atoms. The first-order valence-electron chi connectivity index (χ1n) is 8.92. The molecule has 0 aliphatic rings. The molecule has 8 heteroatoms. The van der Waals surface area contributed by atoms with Crippen molar-refractivity contribution in [1.82, 2.24) is 15.3 Å². The number of hydrogen-bond acceptors (Lipinski definition) is 6. The van der Waals surface area contributed by atoms with E-state index in [9.17, 15) is 4.79 Å². The molecule has 8 nitrogen and oxygen atoms in total. The van der Waals surface area contributed by atoms with Crippen LogP contribution >= 0.6 is 0 Å². The number of amides is 2. The van der Waals surface area contributed by atoms with Crippen LogP contribution in [-0.2, 0) is 6.54 Å². The second-order valence-corrected chi connectivity index (χ2v) is 6.34. The zero-order valence-corrected chi connectivity index (χ0v) is 16.2. The standard InChI is InChI=1S/C21H22N6O2/c1-13-9-14(7-8-24-13)20(23)16-12-25-19(10-17(16)22)27-21(28)26-11-15-5-3-4-6-18(15)29-2/h3-10,12,23H,11H2,1-2H3,(H4,22,25,26,27,28). The van der Waals surface area contributed by atoms with E-state index in [1.54, 1.807) is 25.4 Å². The van der Waals surface area contributed by atoms with Crippen LogP contribution in [0.1, 0.15) is 22.4 Å². The molecule has 3 rings (SSSR count). The van der Waals surface area contributed by atoms with Gasteiger partial charge in [0.2, 0.25) is 0 Å². The van der Waals surface area contributed by atoms with E-state index in [4.69, 9.17) is 15.9 Å². The fourth-order valence-electron chi connectivity index (χ4n) is 2.79. The van der Waals surface area contributed by atoms with Crippen molar-refractivity contribution in [2.24, 2.45) is 0 Å². The quantitative estimate of drug-likeness (QED) is 0.481. The third-order valence-corrected chi connectivity index (χ3v) is 4.26. The highest BCUT2D eigenvalue weighted by molar-refractivity contribution is 6.13. The lowest BCUT2D eigenvalue weighted by Crippen LogP contribution is -2.28. The van der Waals surface area contributed by atoms with Gasteiger partial charge in [-0.05, 0) is 25.1 Å². The van der Waals surface area contributed by atoms with Gasteiger partial charge in [-0.15, -0.1) is 0 Å². The minimum atomic E-state index is -0.421. The normalized spacial score (nSPS) is 10.3. The number of rotatable bonds is 6. The van der Waals surface area contributed by atoms with Gasteiger partial charge in [0.1, 0.15) is 11.6 Å². The molecule has 0 spiro atoms. The van der Waals surface area contributed by atoms with E-state index in [0.717, 1.165) is 11.3 Å². The number of anilines is 2. The lowest BCUT2D eigenvalue weighted by Gasteiger charge is -2.12. The van der Waals surface area contributed by atoms with Gasteiger partial charge in [0.25, 0.3) is 0 Å². The first-order valence-corrected chi connectivity index (χ1v) is 8.92. The summed E-state index contributed by atoms with van der Waals surface area (Å²) in [5.74, 6) is 0.992. The first-order chi connectivity index (χ1) is 14.0. The van der Waals surface area contributed by atoms with Gasteiger partial charge in [0.15, 0.2) is 0 Å².